The second-order valence-corrected chi connectivity index (χ2v) is 13.3. The van der Waals surface area contributed by atoms with Crippen molar-refractivity contribution in [1.82, 2.24) is 9.80 Å². The number of piperazine rings is 1. The van der Waals surface area contributed by atoms with Crippen molar-refractivity contribution < 1.29 is 28.7 Å². The molecule has 3 aromatic carbocycles. The third-order valence-electron chi connectivity index (χ3n) is 8.17. The van der Waals surface area contributed by atoms with Crippen LogP contribution in [0.15, 0.2) is 72.8 Å². The molecule has 0 spiro atoms. The number of ether oxygens (including phenoxy) is 2. The smallest absolute Gasteiger partial charge is 0.410 e. The molecule has 0 atom stereocenters. The number of hydrogen-bond donors (Lipinski definition) is 2. The normalized spacial score (nSPS) is 15.7. The summed E-state index contributed by atoms with van der Waals surface area (Å²) in [5, 5.41) is 6.36. The molecule has 2 aliphatic heterocycles. The van der Waals surface area contributed by atoms with Gasteiger partial charge in [0.2, 0.25) is 5.91 Å². The lowest BCUT2D eigenvalue weighted by Crippen LogP contribution is -2.53. The number of esters is 1. The van der Waals surface area contributed by atoms with Crippen LogP contribution in [0.25, 0.3) is 11.3 Å². The molecular formula is C38H45N5O6. The number of carbonyl (C=O) groups is 4. The highest BCUT2D eigenvalue weighted by molar-refractivity contribution is 6.37. The van der Waals surface area contributed by atoms with Crippen LogP contribution < -0.4 is 15.5 Å². The molecule has 1 fully saturated rings. The molecule has 0 bridgehead atoms. The summed E-state index contributed by atoms with van der Waals surface area (Å²) in [7, 11) is 0. The van der Waals surface area contributed by atoms with Gasteiger partial charge < -0.3 is 29.9 Å². The van der Waals surface area contributed by atoms with Crippen LogP contribution >= 0.6 is 0 Å². The summed E-state index contributed by atoms with van der Waals surface area (Å²) in [6, 6.07) is 22.1. The summed E-state index contributed by atoms with van der Waals surface area (Å²) in [5.41, 5.74) is 4.36. The molecule has 3 amide bonds. The quantitative estimate of drug-likeness (QED) is 0.208. The lowest BCUT2D eigenvalue weighted by Gasteiger charge is -2.36. The summed E-state index contributed by atoms with van der Waals surface area (Å²) in [4.78, 5) is 57.4. The van der Waals surface area contributed by atoms with Gasteiger partial charge in [0.05, 0.1) is 35.7 Å². The van der Waals surface area contributed by atoms with Crippen LogP contribution in [0.5, 0.6) is 0 Å². The van der Waals surface area contributed by atoms with Gasteiger partial charge in [-0.2, -0.15) is 0 Å². The molecule has 5 rings (SSSR count). The predicted molar refractivity (Wildman–Crippen MR) is 191 cm³/mol. The zero-order valence-electron chi connectivity index (χ0n) is 29.0. The average molecular weight is 668 g/mol. The number of fused-ring (bicyclic) bond motifs is 1. The van der Waals surface area contributed by atoms with Crippen LogP contribution in [-0.2, 0) is 19.1 Å². The van der Waals surface area contributed by atoms with Crippen molar-refractivity contribution in [2.24, 2.45) is 0 Å². The molecule has 0 radical (unpaired) electrons. The van der Waals surface area contributed by atoms with Gasteiger partial charge in [-0.15, -0.1) is 0 Å². The zero-order chi connectivity index (χ0) is 35.3. The molecule has 49 heavy (non-hydrogen) atoms. The Labute approximate surface area is 287 Å². The fraction of sp³-hybridized carbons (Fsp3) is 0.368. The number of carbonyl (C=O) groups excluding carboxylic acids is 4. The van der Waals surface area contributed by atoms with Crippen LogP contribution in [-0.4, -0.2) is 84.7 Å². The highest BCUT2D eigenvalue weighted by Gasteiger charge is 2.31. The summed E-state index contributed by atoms with van der Waals surface area (Å²) in [6.45, 7) is 13.9. The predicted octanol–water partition coefficient (Wildman–Crippen LogP) is 6.09. The number of anilines is 3. The van der Waals surface area contributed by atoms with Gasteiger partial charge in [-0.05, 0) is 83.5 Å². The van der Waals surface area contributed by atoms with Gasteiger partial charge in [-0.3, -0.25) is 14.5 Å². The zero-order valence-corrected chi connectivity index (χ0v) is 29.0. The van der Waals surface area contributed by atoms with Crippen molar-refractivity contribution in [3.8, 4) is 0 Å². The maximum absolute atomic E-state index is 13.6. The Morgan fingerprint density at radius 3 is 2.20 bits per heavy atom. The van der Waals surface area contributed by atoms with Gasteiger partial charge in [0.1, 0.15) is 5.60 Å². The van der Waals surface area contributed by atoms with Crippen LogP contribution in [0.3, 0.4) is 0 Å². The topological polar surface area (TPSA) is 121 Å². The van der Waals surface area contributed by atoms with Gasteiger partial charge in [0, 0.05) is 49.2 Å². The number of rotatable bonds is 9. The number of benzene rings is 3. The number of nitrogens with zero attached hydrogens (tertiary/aromatic N) is 3. The third kappa shape index (κ3) is 8.47. The van der Waals surface area contributed by atoms with E-state index in [9.17, 15) is 19.2 Å². The molecule has 0 aromatic heterocycles. The molecule has 2 heterocycles. The van der Waals surface area contributed by atoms with E-state index in [0.717, 1.165) is 16.9 Å². The molecule has 3 aromatic rings. The molecule has 11 nitrogen and oxygen atoms in total. The van der Waals surface area contributed by atoms with Crippen molar-refractivity contribution in [2.75, 3.05) is 54.9 Å². The van der Waals surface area contributed by atoms with Gasteiger partial charge >= 0.3 is 12.1 Å². The van der Waals surface area contributed by atoms with E-state index in [-0.39, 0.29) is 37.1 Å². The fourth-order valence-electron chi connectivity index (χ4n) is 5.91. The van der Waals surface area contributed by atoms with Crippen molar-refractivity contribution in [3.05, 3.63) is 89.5 Å². The van der Waals surface area contributed by atoms with Crippen molar-refractivity contribution in [3.63, 3.8) is 0 Å². The van der Waals surface area contributed by atoms with E-state index in [0.29, 0.717) is 54.3 Å². The first-order valence-electron chi connectivity index (χ1n) is 16.7. The van der Waals surface area contributed by atoms with E-state index < -0.39 is 11.6 Å². The van der Waals surface area contributed by atoms with E-state index in [1.807, 2.05) is 89.2 Å². The monoisotopic (exact) mass is 667 g/mol. The SMILES string of the molecule is CCOC(=O)c1ccc2c(c1)NC(=O)/C2=C(\Nc1ccc(N(C(=O)CN2CCN(C(=O)OC(C)(C)C)CC2)C(C)C)cc1)c1ccccc1. The van der Waals surface area contributed by atoms with Crippen LogP contribution in [0.1, 0.15) is 63.0 Å². The molecule has 258 valence electrons. The lowest BCUT2D eigenvalue weighted by atomic mass is 9.99. The Morgan fingerprint density at radius 2 is 1.59 bits per heavy atom. The lowest BCUT2D eigenvalue weighted by molar-refractivity contribution is -0.120. The van der Waals surface area contributed by atoms with Gasteiger partial charge in [0.15, 0.2) is 0 Å². The molecular weight excluding hydrogens is 622 g/mol. The molecule has 0 aliphatic carbocycles. The molecule has 0 saturated carbocycles. The van der Waals surface area contributed by atoms with Crippen molar-refractivity contribution in [1.29, 1.82) is 0 Å². The second kappa shape index (κ2) is 14.9. The van der Waals surface area contributed by atoms with Gasteiger partial charge in [-0.1, -0.05) is 36.4 Å². The number of amides is 3. The highest BCUT2D eigenvalue weighted by atomic mass is 16.6. The maximum Gasteiger partial charge on any atom is 0.410 e. The Hall–Kier alpha value is -5.16. The summed E-state index contributed by atoms with van der Waals surface area (Å²) in [6.07, 6.45) is -0.331. The summed E-state index contributed by atoms with van der Waals surface area (Å²) < 4.78 is 10.6. The Morgan fingerprint density at radius 1 is 0.918 bits per heavy atom. The Balaban J connectivity index is 1.33. The Bertz CT molecular complexity index is 1720. The minimum atomic E-state index is -0.555. The van der Waals surface area contributed by atoms with E-state index in [2.05, 4.69) is 15.5 Å². The van der Waals surface area contributed by atoms with Gasteiger partial charge in [0.25, 0.3) is 5.91 Å². The van der Waals surface area contributed by atoms with Crippen molar-refractivity contribution >= 4 is 52.2 Å². The van der Waals surface area contributed by atoms with Crippen molar-refractivity contribution in [2.45, 2.75) is 53.2 Å². The van der Waals surface area contributed by atoms with Crippen LogP contribution in [0.4, 0.5) is 21.9 Å². The Kier molecular flexibility index (Phi) is 10.7. The third-order valence-corrected chi connectivity index (χ3v) is 8.17. The largest absolute Gasteiger partial charge is 0.462 e. The van der Waals surface area contributed by atoms with Crippen LogP contribution in [0.2, 0.25) is 0 Å². The molecule has 0 unspecified atom stereocenters. The van der Waals surface area contributed by atoms with E-state index in [4.69, 9.17) is 9.47 Å². The number of hydrogen-bond acceptors (Lipinski definition) is 8. The fourth-order valence-corrected chi connectivity index (χ4v) is 5.91. The first-order chi connectivity index (χ1) is 23.3. The minimum Gasteiger partial charge on any atom is -0.462 e. The first-order valence-corrected chi connectivity index (χ1v) is 16.7. The van der Waals surface area contributed by atoms with E-state index in [1.165, 1.54) is 0 Å². The van der Waals surface area contributed by atoms with Gasteiger partial charge in [-0.25, -0.2) is 9.59 Å². The molecule has 2 aliphatic rings. The second-order valence-electron chi connectivity index (χ2n) is 13.3. The summed E-state index contributed by atoms with van der Waals surface area (Å²) in [5.74, 6) is -0.773. The van der Waals surface area contributed by atoms with E-state index in [1.54, 1.807) is 34.9 Å². The highest BCUT2D eigenvalue weighted by Crippen LogP contribution is 2.38. The minimum absolute atomic E-state index is 0.0325. The standard InChI is InChI=1S/C38H45N5O6/c1-7-48-36(46)27-13-18-30-31(23-27)40-35(45)33(30)34(26-11-9-8-10-12-26)39-28-14-16-29(17-15-28)43(25(2)3)32(44)24-41-19-21-42(22-20-41)37(47)49-38(4,5)6/h8-18,23,25,39H,7,19-22,24H2,1-6H3,(H,40,45)/b34-33-. The molecule has 1 saturated heterocycles. The maximum atomic E-state index is 13.6. The van der Waals surface area contributed by atoms with E-state index >= 15 is 0 Å². The summed E-state index contributed by atoms with van der Waals surface area (Å²) >= 11 is 0. The molecule has 11 heteroatoms. The first kappa shape index (κ1) is 35.2. The molecule has 2 N–H and O–H groups in total. The average Bonchev–Trinajstić information content (AvgIpc) is 3.38. The van der Waals surface area contributed by atoms with Crippen LogP contribution in [0, 0.1) is 0 Å². The number of nitrogens with one attached hydrogen (secondary N) is 2.